The fourth-order valence-corrected chi connectivity index (χ4v) is 5.35. The predicted octanol–water partition coefficient (Wildman–Crippen LogP) is 4.56. The van der Waals surface area contributed by atoms with Gasteiger partial charge in [-0.3, -0.25) is 14.5 Å². The SMILES string of the molecule is CCC1(CN(C(N)=O)c2cc(C(F)(P)P)nn2C)CCC(c2ccccc2)(N(C)C)CC1. The van der Waals surface area contributed by atoms with Gasteiger partial charge in [-0.25, -0.2) is 9.18 Å². The Labute approximate surface area is 195 Å². The van der Waals surface area contributed by atoms with Crippen LogP contribution in [0.4, 0.5) is 15.0 Å². The first kappa shape index (κ1) is 25.1. The minimum Gasteiger partial charge on any atom is -0.351 e. The van der Waals surface area contributed by atoms with Gasteiger partial charge in [0.1, 0.15) is 11.5 Å². The van der Waals surface area contributed by atoms with Crippen LogP contribution in [0.1, 0.15) is 50.3 Å². The van der Waals surface area contributed by atoms with Crippen molar-refractivity contribution in [1.29, 1.82) is 0 Å². The lowest BCUT2D eigenvalue weighted by Crippen LogP contribution is -2.51. The number of nitrogens with two attached hydrogens (primary N) is 1. The number of urea groups is 1. The van der Waals surface area contributed by atoms with E-state index in [1.807, 2.05) is 0 Å². The van der Waals surface area contributed by atoms with Gasteiger partial charge in [0.15, 0.2) is 5.15 Å². The highest BCUT2D eigenvalue weighted by Crippen LogP contribution is 2.50. The van der Waals surface area contributed by atoms with E-state index in [1.165, 1.54) is 10.2 Å². The zero-order chi connectivity index (χ0) is 23.7. The van der Waals surface area contributed by atoms with Gasteiger partial charge in [-0.2, -0.15) is 5.10 Å². The second kappa shape index (κ2) is 9.37. The summed E-state index contributed by atoms with van der Waals surface area (Å²) in [5.41, 5.74) is 7.28. The molecule has 1 aliphatic carbocycles. The van der Waals surface area contributed by atoms with E-state index >= 15 is 0 Å². The van der Waals surface area contributed by atoms with Gasteiger partial charge in [0.25, 0.3) is 0 Å². The predicted molar refractivity (Wildman–Crippen MR) is 135 cm³/mol. The third kappa shape index (κ3) is 4.85. The van der Waals surface area contributed by atoms with Crippen LogP contribution in [0.25, 0.3) is 0 Å². The van der Waals surface area contributed by atoms with Crippen molar-refractivity contribution < 1.29 is 9.18 Å². The van der Waals surface area contributed by atoms with E-state index in [2.05, 4.69) is 79.8 Å². The summed E-state index contributed by atoms with van der Waals surface area (Å²) in [4.78, 5) is 16.4. The quantitative estimate of drug-likeness (QED) is 0.592. The molecule has 2 aromatic rings. The summed E-state index contributed by atoms with van der Waals surface area (Å²) in [6.45, 7) is 2.67. The molecule has 176 valence electrons. The Morgan fingerprint density at radius 3 is 2.25 bits per heavy atom. The minimum atomic E-state index is -1.76. The van der Waals surface area contributed by atoms with E-state index in [0.29, 0.717) is 12.4 Å². The van der Waals surface area contributed by atoms with Crippen LogP contribution in [0.2, 0.25) is 0 Å². The molecule has 0 radical (unpaired) electrons. The molecule has 2 N–H and O–H groups in total. The Morgan fingerprint density at radius 2 is 1.81 bits per heavy atom. The molecule has 2 unspecified atom stereocenters. The summed E-state index contributed by atoms with van der Waals surface area (Å²) in [6.07, 6.45) is 4.84. The molecule has 0 aliphatic heterocycles. The van der Waals surface area contributed by atoms with Crippen LogP contribution >= 0.6 is 18.5 Å². The van der Waals surface area contributed by atoms with E-state index in [-0.39, 0.29) is 16.6 Å². The number of aromatic nitrogens is 2. The maximum Gasteiger partial charge on any atom is 0.320 e. The number of nitrogens with zero attached hydrogens (tertiary/aromatic N) is 4. The van der Waals surface area contributed by atoms with Gasteiger partial charge in [0, 0.05) is 25.2 Å². The Kier molecular flexibility index (Phi) is 7.34. The standard InChI is InChI=1S/C23H36FN5OP2/c1-5-21(11-13-22(14-12-21,27(2)3)17-9-7-6-8-10-17)16-29(20(25)30)19-15-18(23(24,31)32)26-28(19)4/h6-10,15H,5,11-14,16,31-32H2,1-4H3,(H2,25,30). The highest BCUT2D eigenvalue weighted by Gasteiger charge is 2.45. The van der Waals surface area contributed by atoms with Crippen LogP contribution < -0.4 is 10.6 Å². The van der Waals surface area contributed by atoms with E-state index in [0.717, 1.165) is 32.1 Å². The summed E-state index contributed by atoms with van der Waals surface area (Å²) in [7, 11) is 10.2. The molecule has 1 aromatic heterocycles. The number of anilines is 1. The third-order valence-corrected chi connectivity index (χ3v) is 7.93. The lowest BCUT2D eigenvalue weighted by atomic mass is 9.63. The average molecular weight is 480 g/mol. The molecule has 1 aromatic carbocycles. The van der Waals surface area contributed by atoms with E-state index in [4.69, 9.17) is 5.73 Å². The smallest absolute Gasteiger partial charge is 0.320 e. The molecular formula is C23H36FN5OP2. The Bertz CT molecular complexity index is 934. The number of amides is 2. The number of primary amides is 1. The summed E-state index contributed by atoms with van der Waals surface area (Å²) < 4.78 is 15.9. The fraction of sp³-hybridized carbons (Fsp3) is 0.565. The van der Waals surface area contributed by atoms with Crippen LogP contribution in [0, 0.1) is 5.41 Å². The molecule has 32 heavy (non-hydrogen) atoms. The second-order valence-corrected chi connectivity index (χ2v) is 11.7. The minimum absolute atomic E-state index is 0.0239. The van der Waals surface area contributed by atoms with Crippen LogP contribution in [-0.4, -0.2) is 41.4 Å². The van der Waals surface area contributed by atoms with Gasteiger partial charge in [-0.05, 0) is 57.2 Å². The van der Waals surface area contributed by atoms with Crippen LogP contribution in [0.15, 0.2) is 36.4 Å². The molecule has 0 spiro atoms. The molecule has 1 heterocycles. The first-order valence-electron chi connectivity index (χ1n) is 11.1. The van der Waals surface area contributed by atoms with E-state index < -0.39 is 11.2 Å². The maximum absolute atomic E-state index is 14.4. The Balaban J connectivity index is 1.88. The lowest BCUT2D eigenvalue weighted by molar-refractivity contribution is 0.0360. The van der Waals surface area contributed by atoms with Crippen molar-refractivity contribution >= 4 is 30.3 Å². The number of alkyl halides is 1. The lowest BCUT2D eigenvalue weighted by Gasteiger charge is -2.51. The molecule has 6 nitrogen and oxygen atoms in total. The van der Waals surface area contributed by atoms with Crippen LogP contribution in [0.3, 0.4) is 0 Å². The average Bonchev–Trinajstić information content (AvgIpc) is 3.14. The number of rotatable bonds is 7. The van der Waals surface area contributed by atoms with Gasteiger partial charge in [-0.1, -0.05) is 55.7 Å². The van der Waals surface area contributed by atoms with Gasteiger partial charge >= 0.3 is 6.03 Å². The number of halogens is 1. The molecular weight excluding hydrogens is 443 g/mol. The normalized spacial score (nSPS) is 24.0. The largest absolute Gasteiger partial charge is 0.351 e. The van der Waals surface area contributed by atoms with Crippen LogP contribution in [-0.2, 0) is 17.7 Å². The maximum atomic E-state index is 14.4. The molecule has 2 amide bonds. The fourth-order valence-electron chi connectivity index (χ4n) is 5.06. The van der Waals surface area contributed by atoms with E-state index in [9.17, 15) is 9.18 Å². The summed E-state index contributed by atoms with van der Waals surface area (Å²) in [6, 6.07) is 11.7. The molecule has 9 heteroatoms. The molecule has 1 saturated carbocycles. The zero-order valence-electron chi connectivity index (χ0n) is 19.5. The number of hydrogen-bond acceptors (Lipinski definition) is 3. The monoisotopic (exact) mass is 479 g/mol. The topological polar surface area (TPSA) is 67.4 Å². The number of carbonyl (C=O) groups excluding carboxylic acids is 1. The van der Waals surface area contributed by atoms with Gasteiger partial charge < -0.3 is 5.73 Å². The first-order chi connectivity index (χ1) is 14.9. The van der Waals surface area contributed by atoms with Crippen molar-refractivity contribution in [3.8, 4) is 0 Å². The number of hydrogen-bond donors (Lipinski definition) is 1. The number of carbonyl (C=O) groups is 1. The van der Waals surface area contributed by atoms with Gasteiger partial charge in [-0.15, -0.1) is 0 Å². The molecule has 1 aliphatic rings. The molecule has 1 fully saturated rings. The molecule has 0 bridgehead atoms. The van der Waals surface area contributed by atoms with Crippen molar-refractivity contribution in [2.75, 3.05) is 25.5 Å². The second-order valence-electron chi connectivity index (χ2n) is 9.35. The van der Waals surface area contributed by atoms with Crippen molar-refractivity contribution in [2.24, 2.45) is 18.2 Å². The van der Waals surface area contributed by atoms with Crippen molar-refractivity contribution in [3.05, 3.63) is 47.7 Å². The van der Waals surface area contributed by atoms with E-state index in [1.54, 1.807) is 18.0 Å². The van der Waals surface area contributed by atoms with Crippen molar-refractivity contribution in [1.82, 2.24) is 14.7 Å². The summed E-state index contributed by atoms with van der Waals surface area (Å²) in [5.74, 6) is 0.514. The summed E-state index contributed by atoms with van der Waals surface area (Å²) >= 11 is 0. The number of benzene rings is 1. The Hall–Kier alpha value is -1.55. The van der Waals surface area contributed by atoms with Gasteiger partial charge in [0.2, 0.25) is 0 Å². The highest BCUT2D eigenvalue weighted by molar-refractivity contribution is 7.38. The van der Waals surface area contributed by atoms with Gasteiger partial charge in [0.05, 0.1) is 0 Å². The van der Waals surface area contributed by atoms with Crippen molar-refractivity contribution in [2.45, 2.75) is 49.7 Å². The molecule has 0 saturated heterocycles. The first-order valence-corrected chi connectivity index (χ1v) is 12.2. The zero-order valence-corrected chi connectivity index (χ0v) is 21.8. The third-order valence-electron chi connectivity index (χ3n) is 7.34. The molecule has 2 atom stereocenters. The van der Waals surface area contributed by atoms with Crippen molar-refractivity contribution in [3.63, 3.8) is 0 Å². The summed E-state index contributed by atoms with van der Waals surface area (Å²) in [5, 5.41) is 2.50. The highest BCUT2D eigenvalue weighted by atomic mass is 31.1. The molecule has 3 rings (SSSR count). The number of aryl methyl sites for hydroxylation is 1. The van der Waals surface area contributed by atoms with Crippen LogP contribution in [0.5, 0.6) is 0 Å². The Morgan fingerprint density at radius 1 is 1.22 bits per heavy atom.